The molecule has 1 unspecified atom stereocenters. The molecular formula is C13H23N3. The Balaban J connectivity index is 1.63. The summed E-state index contributed by atoms with van der Waals surface area (Å²) in [7, 11) is 2.10. The Bertz CT molecular complexity index is 319. The molecule has 3 heteroatoms. The molecule has 2 rings (SSSR count). The third-order valence-corrected chi connectivity index (χ3v) is 3.62. The molecule has 1 N–H and O–H groups in total. The van der Waals surface area contributed by atoms with E-state index in [0.29, 0.717) is 0 Å². The van der Waals surface area contributed by atoms with Gasteiger partial charge in [0.2, 0.25) is 0 Å². The standard InChI is InChI=1S/C13H23N3/c1-12-5-3-9-16(12)10-7-14-11-13-6-4-8-15(13)2/h4,6,8,12,14H,3,5,7,9-11H2,1-2H3. The van der Waals surface area contributed by atoms with Crippen molar-refractivity contribution in [1.82, 2.24) is 14.8 Å². The van der Waals surface area contributed by atoms with Gasteiger partial charge in [-0.25, -0.2) is 0 Å². The molecule has 0 aliphatic carbocycles. The van der Waals surface area contributed by atoms with Gasteiger partial charge in [0.15, 0.2) is 0 Å². The Morgan fingerprint density at radius 1 is 1.50 bits per heavy atom. The normalized spacial score (nSPS) is 21.8. The van der Waals surface area contributed by atoms with Crippen LogP contribution in [0, 0.1) is 0 Å². The lowest BCUT2D eigenvalue weighted by Crippen LogP contribution is -2.34. The zero-order chi connectivity index (χ0) is 11.4. The van der Waals surface area contributed by atoms with E-state index in [0.717, 1.165) is 19.1 Å². The number of rotatable bonds is 5. The van der Waals surface area contributed by atoms with Gasteiger partial charge in [-0.05, 0) is 38.4 Å². The SMILES string of the molecule is CC1CCCN1CCNCc1cccn1C. The van der Waals surface area contributed by atoms with Crippen LogP contribution < -0.4 is 5.32 Å². The average Bonchev–Trinajstić information content (AvgIpc) is 2.84. The molecular weight excluding hydrogens is 198 g/mol. The van der Waals surface area contributed by atoms with Crippen molar-refractivity contribution in [3.63, 3.8) is 0 Å². The molecule has 1 aromatic rings. The summed E-state index contributed by atoms with van der Waals surface area (Å²) in [5.41, 5.74) is 1.36. The third kappa shape index (κ3) is 2.86. The van der Waals surface area contributed by atoms with Crippen molar-refractivity contribution in [1.29, 1.82) is 0 Å². The number of nitrogens with zero attached hydrogens (tertiary/aromatic N) is 2. The van der Waals surface area contributed by atoms with Gasteiger partial charge in [0, 0.05) is 44.6 Å². The van der Waals surface area contributed by atoms with Crippen molar-refractivity contribution in [2.24, 2.45) is 7.05 Å². The van der Waals surface area contributed by atoms with Crippen molar-refractivity contribution in [3.05, 3.63) is 24.0 Å². The molecule has 1 fully saturated rings. The Kier molecular flexibility index (Phi) is 4.02. The molecule has 1 saturated heterocycles. The second-order valence-electron chi connectivity index (χ2n) is 4.81. The topological polar surface area (TPSA) is 20.2 Å². The predicted octanol–water partition coefficient (Wildman–Crippen LogP) is 1.60. The van der Waals surface area contributed by atoms with Crippen LogP contribution in [0.3, 0.4) is 0 Å². The van der Waals surface area contributed by atoms with Gasteiger partial charge in [-0.15, -0.1) is 0 Å². The molecule has 3 nitrogen and oxygen atoms in total. The minimum Gasteiger partial charge on any atom is -0.353 e. The maximum absolute atomic E-state index is 3.51. The quantitative estimate of drug-likeness (QED) is 0.762. The molecule has 1 atom stereocenters. The fourth-order valence-electron chi connectivity index (χ4n) is 2.44. The first-order valence-corrected chi connectivity index (χ1v) is 6.32. The zero-order valence-corrected chi connectivity index (χ0v) is 10.4. The molecule has 0 saturated carbocycles. The van der Waals surface area contributed by atoms with E-state index < -0.39 is 0 Å². The first kappa shape index (κ1) is 11.7. The number of hydrogen-bond donors (Lipinski definition) is 1. The van der Waals surface area contributed by atoms with Gasteiger partial charge < -0.3 is 9.88 Å². The lowest BCUT2D eigenvalue weighted by Gasteiger charge is -2.20. The first-order valence-electron chi connectivity index (χ1n) is 6.32. The lowest BCUT2D eigenvalue weighted by molar-refractivity contribution is 0.268. The minimum atomic E-state index is 0.789. The molecule has 2 heterocycles. The Labute approximate surface area is 98.4 Å². The van der Waals surface area contributed by atoms with Crippen molar-refractivity contribution >= 4 is 0 Å². The summed E-state index contributed by atoms with van der Waals surface area (Å²) in [6, 6.07) is 5.06. The van der Waals surface area contributed by atoms with E-state index in [1.807, 2.05) is 0 Å². The largest absolute Gasteiger partial charge is 0.353 e. The molecule has 0 amide bonds. The Morgan fingerprint density at radius 3 is 3.00 bits per heavy atom. The number of hydrogen-bond acceptors (Lipinski definition) is 2. The number of aryl methyl sites for hydroxylation is 1. The van der Waals surface area contributed by atoms with Crippen LogP contribution in [0.5, 0.6) is 0 Å². The van der Waals surface area contributed by atoms with Crippen molar-refractivity contribution in [2.75, 3.05) is 19.6 Å². The Morgan fingerprint density at radius 2 is 2.38 bits per heavy atom. The van der Waals surface area contributed by atoms with E-state index in [9.17, 15) is 0 Å². The smallest absolute Gasteiger partial charge is 0.0359 e. The number of aromatic nitrogens is 1. The minimum absolute atomic E-state index is 0.789. The lowest BCUT2D eigenvalue weighted by atomic mass is 10.2. The summed E-state index contributed by atoms with van der Waals surface area (Å²) in [5.74, 6) is 0. The van der Waals surface area contributed by atoms with Gasteiger partial charge in [0.25, 0.3) is 0 Å². The highest BCUT2D eigenvalue weighted by Gasteiger charge is 2.18. The monoisotopic (exact) mass is 221 g/mol. The van der Waals surface area contributed by atoms with Gasteiger partial charge in [-0.1, -0.05) is 0 Å². The zero-order valence-electron chi connectivity index (χ0n) is 10.4. The third-order valence-electron chi connectivity index (χ3n) is 3.62. The van der Waals surface area contributed by atoms with Gasteiger partial charge in [-0.3, -0.25) is 4.90 Å². The van der Waals surface area contributed by atoms with Crippen LogP contribution >= 0.6 is 0 Å². The fourth-order valence-corrected chi connectivity index (χ4v) is 2.44. The highest BCUT2D eigenvalue weighted by molar-refractivity contribution is 5.05. The number of likely N-dealkylation sites (tertiary alicyclic amines) is 1. The molecule has 0 bridgehead atoms. The summed E-state index contributed by atoms with van der Waals surface area (Å²) in [5, 5.41) is 3.51. The van der Waals surface area contributed by atoms with E-state index in [4.69, 9.17) is 0 Å². The van der Waals surface area contributed by atoms with Crippen molar-refractivity contribution in [2.45, 2.75) is 32.4 Å². The molecule has 0 aromatic carbocycles. The van der Waals surface area contributed by atoms with Gasteiger partial charge >= 0.3 is 0 Å². The molecule has 1 aliphatic rings. The second kappa shape index (κ2) is 5.51. The molecule has 0 spiro atoms. The second-order valence-corrected chi connectivity index (χ2v) is 4.81. The molecule has 90 valence electrons. The van der Waals surface area contributed by atoms with Crippen LogP contribution in [0.2, 0.25) is 0 Å². The summed E-state index contributed by atoms with van der Waals surface area (Å²) < 4.78 is 2.17. The van der Waals surface area contributed by atoms with Crippen LogP contribution in [-0.2, 0) is 13.6 Å². The molecule has 16 heavy (non-hydrogen) atoms. The van der Waals surface area contributed by atoms with E-state index in [-0.39, 0.29) is 0 Å². The highest BCUT2D eigenvalue weighted by Crippen LogP contribution is 2.14. The summed E-state index contributed by atoms with van der Waals surface area (Å²) in [4.78, 5) is 2.58. The maximum Gasteiger partial charge on any atom is 0.0359 e. The van der Waals surface area contributed by atoms with E-state index >= 15 is 0 Å². The van der Waals surface area contributed by atoms with Gasteiger partial charge in [0.1, 0.15) is 0 Å². The van der Waals surface area contributed by atoms with Crippen LogP contribution in [0.1, 0.15) is 25.5 Å². The summed E-state index contributed by atoms with van der Waals surface area (Å²) in [6.07, 6.45) is 4.84. The Hall–Kier alpha value is -0.800. The van der Waals surface area contributed by atoms with Crippen LogP contribution in [0.15, 0.2) is 18.3 Å². The fraction of sp³-hybridized carbons (Fsp3) is 0.692. The average molecular weight is 221 g/mol. The van der Waals surface area contributed by atoms with Gasteiger partial charge in [-0.2, -0.15) is 0 Å². The van der Waals surface area contributed by atoms with Crippen LogP contribution in [0.4, 0.5) is 0 Å². The summed E-state index contributed by atoms with van der Waals surface area (Å²) >= 11 is 0. The number of nitrogens with one attached hydrogen (secondary N) is 1. The predicted molar refractivity (Wildman–Crippen MR) is 67.4 cm³/mol. The van der Waals surface area contributed by atoms with E-state index in [1.165, 1.54) is 31.6 Å². The first-order chi connectivity index (χ1) is 7.77. The summed E-state index contributed by atoms with van der Waals surface area (Å²) in [6.45, 7) is 6.88. The molecule has 0 radical (unpaired) electrons. The van der Waals surface area contributed by atoms with Crippen molar-refractivity contribution < 1.29 is 0 Å². The maximum atomic E-state index is 3.51. The highest BCUT2D eigenvalue weighted by atomic mass is 15.2. The van der Waals surface area contributed by atoms with E-state index in [1.54, 1.807) is 0 Å². The molecule has 1 aromatic heterocycles. The van der Waals surface area contributed by atoms with Crippen molar-refractivity contribution in [3.8, 4) is 0 Å². The van der Waals surface area contributed by atoms with Crippen LogP contribution in [-0.4, -0.2) is 35.1 Å². The van der Waals surface area contributed by atoms with Crippen LogP contribution in [0.25, 0.3) is 0 Å². The van der Waals surface area contributed by atoms with E-state index in [2.05, 4.69) is 47.1 Å². The molecule has 1 aliphatic heterocycles. The van der Waals surface area contributed by atoms with Gasteiger partial charge in [0.05, 0.1) is 0 Å².